The van der Waals surface area contributed by atoms with Crippen LogP contribution in [0.1, 0.15) is 85.3 Å². The molecule has 0 aliphatic rings. The number of nitrogens with zero attached hydrogens (tertiary/aromatic N) is 2. The molecule has 0 radical (unpaired) electrons. The first-order valence-electron chi connectivity index (χ1n) is 13.9. The molecule has 0 atom stereocenters. The van der Waals surface area contributed by atoms with Crippen molar-refractivity contribution < 1.29 is 19.8 Å². The third kappa shape index (κ3) is 8.14. The molecule has 0 saturated carbocycles. The number of aromatic carboxylic acids is 1. The molecule has 41 heavy (non-hydrogen) atoms. The molecule has 3 rings (SSSR count). The van der Waals surface area contributed by atoms with Crippen LogP contribution in [-0.2, 0) is 22.2 Å². The second-order valence-corrected chi connectivity index (χ2v) is 14.2. The van der Waals surface area contributed by atoms with Crippen LogP contribution < -0.4 is 4.90 Å². The minimum absolute atomic E-state index is 0.0904. The molecular weight excluding hydrogens is 532 g/mol. The second-order valence-electron chi connectivity index (χ2n) is 13.0. The molecule has 1 amide bonds. The molecule has 0 spiro atoms. The summed E-state index contributed by atoms with van der Waals surface area (Å²) in [5.74, 6) is -1.76. The molecule has 0 aliphatic heterocycles. The van der Waals surface area contributed by atoms with Crippen LogP contribution >= 0.6 is 11.9 Å². The van der Waals surface area contributed by atoms with Crippen molar-refractivity contribution in [2.45, 2.75) is 84.6 Å². The van der Waals surface area contributed by atoms with Gasteiger partial charge in [0.1, 0.15) is 11.3 Å². The molecule has 0 aliphatic carbocycles. The van der Waals surface area contributed by atoms with Crippen LogP contribution in [0.25, 0.3) is 0 Å². The number of benzene rings is 3. The summed E-state index contributed by atoms with van der Waals surface area (Å²) in [4.78, 5) is 28.2. The van der Waals surface area contributed by atoms with Gasteiger partial charge in [-0.1, -0.05) is 77.4 Å². The van der Waals surface area contributed by atoms with Crippen molar-refractivity contribution in [3.05, 3.63) is 87.5 Å². The van der Waals surface area contributed by atoms with E-state index in [4.69, 9.17) is 0 Å². The van der Waals surface area contributed by atoms with E-state index < -0.39 is 5.97 Å². The SMILES string of the molecule is Cc1cc(C)c(SN(C)CC(=O)N(Cc2cc(C(C)(C)C)cc(C(C)(C)C)c2)c2ccc(C(=O)O)c(O)c2)c(C)c1. The maximum absolute atomic E-state index is 13.9. The number of aryl methyl sites for hydroxylation is 3. The number of likely N-dealkylation sites (N-methyl/N-ethyl adjacent to an activating group) is 1. The summed E-state index contributed by atoms with van der Waals surface area (Å²) < 4.78 is 1.91. The molecule has 0 aromatic heterocycles. The monoisotopic (exact) mass is 576 g/mol. The average molecular weight is 577 g/mol. The molecular formula is C34H44N2O4S. The first-order valence-corrected chi connectivity index (χ1v) is 14.6. The van der Waals surface area contributed by atoms with Crippen LogP contribution in [0, 0.1) is 20.8 Å². The summed E-state index contributed by atoms with van der Waals surface area (Å²) in [6.07, 6.45) is 0. The maximum Gasteiger partial charge on any atom is 0.339 e. The number of carboxylic acids is 1. The van der Waals surface area contributed by atoms with Gasteiger partial charge in [0.05, 0.1) is 13.1 Å². The van der Waals surface area contributed by atoms with E-state index in [-0.39, 0.29) is 41.1 Å². The number of anilines is 1. The number of carbonyl (C=O) groups is 2. The first kappa shape index (κ1) is 32.2. The van der Waals surface area contributed by atoms with Gasteiger partial charge in [0.25, 0.3) is 0 Å². The molecule has 0 fully saturated rings. The highest BCUT2D eigenvalue weighted by Gasteiger charge is 2.25. The molecule has 3 aromatic rings. The minimum Gasteiger partial charge on any atom is -0.507 e. The van der Waals surface area contributed by atoms with Crippen LogP contribution in [-0.4, -0.2) is 40.0 Å². The van der Waals surface area contributed by atoms with E-state index in [1.807, 2.05) is 11.4 Å². The zero-order valence-electron chi connectivity index (χ0n) is 26.0. The van der Waals surface area contributed by atoms with Gasteiger partial charge in [0.2, 0.25) is 5.91 Å². The summed E-state index contributed by atoms with van der Waals surface area (Å²) in [6, 6.07) is 15.1. The third-order valence-corrected chi connectivity index (χ3v) is 8.37. The zero-order chi connectivity index (χ0) is 30.9. The van der Waals surface area contributed by atoms with Crippen molar-refractivity contribution in [1.82, 2.24) is 4.31 Å². The first-order chi connectivity index (χ1) is 18.9. The van der Waals surface area contributed by atoms with E-state index in [0.717, 1.165) is 21.6 Å². The van der Waals surface area contributed by atoms with Gasteiger partial charge in [0.15, 0.2) is 0 Å². The Labute approximate surface area is 249 Å². The summed E-state index contributed by atoms with van der Waals surface area (Å²) in [5, 5.41) is 19.9. The van der Waals surface area contributed by atoms with E-state index in [0.29, 0.717) is 5.69 Å². The number of aromatic hydroxyl groups is 1. The zero-order valence-corrected chi connectivity index (χ0v) is 26.9. The molecule has 7 heteroatoms. The fourth-order valence-corrected chi connectivity index (χ4v) is 5.69. The van der Waals surface area contributed by atoms with E-state index in [1.165, 1.54) is 40.8 Å². The predicted molar refractivity (Wildman–Crippen MR) is 169 cm³/mol. The van der Waals surface area contributed by atoms with E-state index in [9.17, 15) is 19.8 Å². The Bertz CT molecular complexity index is 1390. The lowest BCUT2D eigenvalue weighted by Crippen LogP contribution is -2.37. The van der Waals surface area contributed by atoms with Crippen LogP contribution in [0.3, 0.4) is 0 Å². The highest BCUT2D eigenvalue weighted by Crippen LogP contribution is 2.33. The van der Waals surface area contributed by atoms with Crippen LogP contribution in [0.5, 0.6) is 5.75 Å². The van der Waals surface area contributed by atoms with Gasteiger partial charge >= 0.3 is 5.97 Å². The van der Waals surface area contributed by atoms with Crippen molar-refractivity contribution in [3.63, 3.8) is 0 Å². The quantitative estimate of drug-likeness (QED) is 0.267. The van der Waals surface area contributed by atoms with E-state index in [1.54, 1.807) is 11.0 Å². The summed E-state index contributed by atoms with van der Waals surface area (Å²) in [7, 11) is 1.89. The van der Waals surface area contributed by atoms with Crippen molar-refractivity contribution in [2.75, 3.05) is 18.5 Å². The fourth-order valence-electron chi connectivity index (χ4n) is 4.80. The predicted octanol–water partition coefficient (Wildman–Crippen LogP) is 7.78. The lowest BCUT2D eigenvalue weighted by molar-refractivity contribution is -0.118. The number of hydrogen-bond acceptors (Lipinski definition) is 5. The lowest BCUT2D eigenvalue weighted by Gasteiger charge is -2.29. The molecule has 0 unspecified atom stereocenters. The van der Waals surface area contributed by atoms with Crippen LogP contribution in [0.4, 0.5) is 5.69 Å². The topological polar surface area (TPSA) is 81.1 Å². The maximum atomic E-state index is 13.9. The third-order valence-electron chi connectivity index (χ3n) is 7.10. The number of carbonyl (C=O) groups excluding carboxylic acids is 1. The highest BCUT2D eigenvalue weighted by molar-refractivity contribution is 7.97. The number of hydrogen-bond donors (Lipinski definition) is 2. The number of rotatable bonds is 8. The Kier molecular flexibility index (Phi) is 9.66. The molecule has 2 N–H and O–H groups in total. The summed E-state index contributed by atoms with van der Waals surface area (Å²) >= 11 is 1.53. The molecule has 0 bridgehead atoms. The molecule has 6 nitrogen and oxygen atoms in total. The van der Waals surface area contributed by atoms with Crippen molar-refractivity contribution >= 4 is 29.5 Å². The van der Waals surface area contributed by atoms with Gasteiger partial charge < -0.3 is 15.1 Å². The van der Waals surface area contributed by atoms with Crippen molar-refractivity contribution in [2.24, 2.45) is 0 Å². The lowest BCUT2D eigenvalue weighted by atomic mass is 9.79. The Morgan fingerprint density at radius 1 is 0.829 bits per heavy atom. The summed E-state index contributed by atoms with van der Waals surface area (Å²) in [6.45, 7) is 19.6. The largest absolute Gasteiger partial charge is 0.507 e. The van der Waals surface area contributed by atoms with E-state index in [2.05, 4.69) is 92.6 Å². The fraction of sp³-hybridized carbons (Fsp3) is 0.412. The van der Waals surface area contributed by atoms with Gasteiger partial charge in [-0.3, -0.25) is 4.79 Å². The standard InChI is InChI=1S/C34H44N2O4S/c1-21-13-22(2)31(23(3)14-21)41-35(10)20-30(38)36(27-11-12-28(32(39)40)29(37)18-27)19-24-15-25(33(4,5)6)17-26(16-24)34(7,8)9/h11-18,37H,19-20H2,1-10H3,(H,39,40). The summed E-state index contributed by atoms with van der Waals surface area (Å²) in [5.41, 5.74) is 6.89. The Morgan fingerprint density at radius 3 is 1.83 bits per heavy atom. The Hall–Kier alpha value is -3.29. The van der Waals surface area contributed by atoms with Gasteiger partial charge in [-0.05, 0) is 90.5 Å². The van der Waals surface area contributed by atoms with Gasteiger partial charge in [-0.25, -0.2) is 9.10 Å². The molecule has 0 heterocycles. The van der Waals surface area contributed by atoms with Crippen LogP contribution in [0.2, 0.25) is 0 Å². The molecule has 0 saturated heterocycles. The second kappa shape index (κ2) is 12.3. The number of phenols is 1. The van der Waals surface area contributed by atoms with Crippen molar-refractivity contribution in [3.8, 4) is 5.75 Å². The van der Waals surface area contributed by atoms with Gasteiger partial charge in [-0.15, -0.1) is 0 Å². The molecule has 220 valence electrons. The smallest absolute Gasteiger partial charge is 0.339 e. The Balaban J connectivity index is 2.02. The van der Waals surface area contributed by atoms with Crippen molar-refractivity contribution in [1.29, 1.82) is 0 Å². The number of amides is 1. The van der Waals surface area contributed by atoms with Gasteiger partial charge in [0, 0.05) is 16.6 Å². The van der Waals surface area contributed by atoms with Gasteiger partial charge in [-0.2, -0.15) is 0 Å². The highest BCUT2D eigenvalue weighted by atomic mass is 32.2. The minimum atomic E-state index is -1.22. The number of carboxylic acid groups (broad SMARTS) is 1. The normalized spacial score (nSPS) is 12.1. The van der Waals surface area contributed by atoms with Crippen LogP contribution in [0.15, 0.2) is 53.4 Å². The molecule has 3 aromatic carbocycles. The average Bonchev–Trinajstić information content (AvgIpc) is 2.83. The van der Waals surface area contributed by atoms with E-state index >= 15 is 0 Å². The Morgan fingerprint density at radius 2 is 1.37 bits per heavy atom.